The molecule has 82 valence electrons. The van der Waals surface area contributed by atoms with E-state index in [1.54, 1.807) is 6.07 Å². The summed E-state index contributed by atoms with van der Waals surface area (Å²) in [7, 11) is 0. The standard InChI is InChI=1S/C13H18O2/c1-3-15-13-11(14)8-7-10-6-4-5-9(2)12(10)13/h7-9,14H,3-6H2,1-2H3. The lowest BCUT2D eigenvalue weighted by Crippen LogP contribution is -2.09. The summed E-state index contributed by atoms with van der Waals surface area (Å²) in [6.45, 7) is 4.77. The summed E-state index contributed by atoms with van der Waals surface area (Å²) in [4.78, 5) is 0. The Kier molecular flexibility index (Phi) is 2.85. The van der Waals surface area contributed by atoms with Crippen molar-refractivity contribution in [2.24, 2.45) is 0 Å². The third kappa shape index (κ3) is 1.81. The Morgan fingerprint density at radius 1 is 1.47 bits per heavy atom. The Bertz CT molecular complexity index is 358. The van der Waals surface area contributed by atoms with Crippen LogP contribution in [0.25, 0.3) is 0 Å². The van der Waals surface area contributed by atoms with Crippen molar-refractivity contribution in [3.63, 3.8) is 0 Å². The normalized spacial score (nSPS) is 19.7. The second kappa shape index (κ2) is 4.13. The lowest BCUT2D eigenvalue weighted by atomic mass is 9.83. The molecule has 2 heteroatoms. The predicted molar refractivity (Wildman–Crippen MR) is 60.6 cm³/mol. The van der Waals surface area contributed by atoms with Crippen LogP contribution in [0.4, 0.5) is 0 Å². The van der Waals surface area contributed by atoms with Gasteiger partial charge in [0.15, 0.2) is 11.5 Å². The van der Waals surface area contributed by atoms with E-state index in [4.69, 9.17) is 4.74 Å². The van der Waals surface area contributed by atoms with Crippen LogP contribution in [0.15, 0.2) is 12.1 Å². The molecular weight excluding hydrogens is 188 g/mol. The van der Waals surface area contributed by atoms with Gasteiger partial charge in [0.2, 0.25) is 0 Å². The molecule has 1 aromatic rings. The molecule has 0 radical (unpaired) electrons. The number of benzene rings is 1. The molecule has 0 amide bonds. The lowest BCUT2D eigenvalue weighted by molar-refractivity contribution is 0.310. The van der Waals surface area contributed by atoms with Crippen molar-refractivity contribution in [2.45, 2.75) is 39.0 Å². The van der Waals surface area contributed by atoms with Crippen LogP contribution in [0.3, 0.4) is 0 Å². The number of rotatable bonds is 2. The number of phenolic OH excluding ortho intramolecular Hbond substituents is 1. The summed E-state index contributed by atoms with van der Waals surface area (Å²) in [6, 6.07) is 3.78. The minimum Gasteiger partial charge on any atom is -0.504 e. The highest BCUT2D eigenvalue weighted by atomic mass is 16.5. The van der Waals surface area contributed by atoms with E-state index >= 15 is 0 Å². The highest BCUT2D eigenvalue weighted by Gasteiger charge is 2.22. The van der Waals surface area contributed by atoms with Gasteiger partial charge in [0.05, 0.1) is 6.61 Å². The number of fused-ring (bicyclic) bond motifs is 1. The predicted octanol–water partition coefficient (Wildman–Crippen LogP) is 3.23. The molecule has 0 aromatic heterocycles. The van der Waals surface area contributed by atoms with Crippen LogP contribution in [0, 0.1) is 0 Å². The van der Waals surface area contributed by atoms with Gasteiger partial charge in [0.1, 0.15) is 0 Å². The molecule has 0 fully saturated rings. The van der Waals surface area contributed by atoms with Crippen LogP contribution in [-0.2, 0) is 6.42 Å². The van der Waals surface area contributed by atoms with Gasteiger partial charge in [0, 0.05) is 5.56 Å². The van der Waals surface area contributed by atoms with Gasteiger partial charge in [-0.15, -0.1) is 0 Å². The van der Waals surface area contributed by atoms with E-state index in [0.717, 1.165) is 6.42 Å². The van der Waals surface area contributed by atoms with Gasteiger partial charge in [0.25, 0.3) is 0 Å². The molecule has 1 unspecified atom stereocenters. The maximum absolute atomic E-state index is 9.79. The van der Waals surface area contributed by atoms with Gasteiger partial charge >= 0.3 is 0 Å². The summed E-state index contributed by atoms with van der Waals surface area (Å²) in [6.07, 6.45) is 3.54. The zero-order valence-electron chi connectivity index (χ0n) is 9.42. The van der Waals surface area contributed by atoms with Gasteiger partial charge < -0.3 is 9.84 Å². The number of aromatic hydroxyl groups is 1. The lowest BCUT2D eigenvalue weighted by Gasteiger charge is -2.25. The Balaban J connectivity index is 2.50. The van der Waals surface area contributed by atoms with Crippen LogP contribution in [0.1, 0.15) is 43.7 Å². The van der Waals surface area contributed by atoms with Crippen molar-refractivity contribution in [3.8, 4) is 11.5 Å². The SMILES string of the molecule is CCOc1c(O)ccc2c1C(C)CCC2. The summed E-state index contributed by atoms with van der Waals surface area (Å²) in [5.41, 5.74) is 2.57. The molecule has 1 aliphatic rings. The molecule has 0 heterocycles. The van der Waals surface area contributed by atoms with E-state index in [-0.39, 0.29) is 5.75 Å². The van der Waals surface area contributed by atoms with Crippen molar-refractivity contribution in [1.82, 2.24) is 0 Å². The van der Waals surface area contributed by atoms with E-state index in [9.17, 15) is 5.11 Å². The molecule has 0 saturated heterocycles. The smallest absolute Gasteiger partial charge is 0.164 e. The molecular formula is C13H18O2. The minimum atomic E-state index is 0.282. The number of aryl methyl sites for hydroxylation is 1. The Morgan fingerprint density at radius 2 is 2.27 bits per heavy atom. The van der Waals surface area contributed by atoms with Crippen molar-refractivity contribution in [1.29, 1.82) is 0 Å². The zero-order valence-corrected chi connectivity index (χ0v) is 9.42. The third-order valence-corrected chi connectivity index (χ3v) is 3.13. The summed E-state index contributed by atoms with van der Waals surface area (Å²) in [5, 5.41) is 9.79. The minimum absolute atomic E-state index is 0.282. The molecule has 1 atom stereocenters. The molecule has 15 heavy (non-hydrogen) atoms. The Labute approximate surface area is 90.9 Å². The molecule has 0 saturated carbocycles. The fourth-order valence-electron chi connectivity index (χ4n) is 2.43. The van der Waals surface area contributed by atoms with Crippen molar-refractivity contribution in [3.05, 3.63) is 23.3 Å². The van der Waals surface area contributed by atoms with Crippen molar-refractivity contribution >= 4 is 0 Å². The number of phenols is 1. The number of ether oxygens (including phenoxy) is 1. The molecule has 2 nitrogen and oxygen atoms in total. The summed E-state index contributed by atoms with van der Waals surface area (Å²) >= 11 is 0. The van der Waals surface area contributed by atoms with E-state index < -0.39 is 0 Å². The Morgan fingerprint density at radius 3 is 3.00 bits per heavy atom. The summed E-state index contributed by atoms with van der Waals surface area (Å²) < 4.78 is 5.56. The first-order valence-corrected chi connectivity index (χ1v) is 5.71. The highest BCUT2D eigenvalue weighted by molar-refractivity contribution is 5.52. The molecule has 1 aliphatic carbocycles. The van der Waals surface area contributed by atoms with E-state index in [0.29, 0.717) is 18.3 Å². The molecule has 0 bridgehead atoms. The van der Waals surface area contributed by atoms with Crippen LogP contribution in [0.2, 0.25) is 0 Å². The monoisotopic (exact) mass is 206 g/mol. The Hall–Kier alpha value is -1.18. The van der Waals surface area contributed by atoms with E-state index in [2.05, 4.69) is 6.92 Å². The highest BCUT2D eigenvalue weighted by Crippen LogP contribution is 2.42. The van der Waals surface area contributed by atoms with Crippen LogP contribution in [0.5, 0.6) is 11.5 Å². The number of hydrogen-bond donors (Lipinski definition) is 1. The molecule has 1 aromatic carbocycles. The number of hydrogen-bond acceptors (Lipinski definition) is 2. The van der Waals surface area contributed by atoms with Gasteiger partial charge in [-0.3, -0.25) is 0 Å². The van der Waals surface area contributed by atoms with Crippen LogP contribution >= 0.6 is 0 Å². The molecule has 0 aliphatic heterocycles. The third-order valence-electron chi connectivity index (χ3n) is 3.13. The van der Waals surface area contributed by atoms with E-state index in [1.165, 1.54) is 24.0 Å². The van der Waals surface area contributed by atoms with Crippen LogP contribution < -0.4 is 4.74 Å². The molecule has 0 spiro atoms. The topological polar surface area (TPSA) is 29.5 Å². The average molecular weight is 206 g/mol. The molecule has 2 rings (SSSR count). The van der Waals surface area contributed by atoms with Crippen molar-refractivity contribution < 1.29 is 9.84 Å². The van der Waals surface area contributed by atoms with Gasteiger partial charge in [-0.2, -0.15) is 0 Å². The summed E-state index contributed by atoms with van der Waals surface area (Å²) in [5.74, 6) is 1.49. The van der Waals surface area contributed by atoms with Gasteiger partial charge in [-0.25, -0.2) is 0 Å². The van der Waals surface area contributed by atoms with Gasteiger partial charge in [-0.05, 0) is 43.7 Å². The quantitative estimate of drug-likeness (QED) is 0.805. The van der Waals surface area contributed by atoms with Crippen molar-refractivity contribution in [2.75, 3.05) is 6.61 Å². The molecule has 1 N–H and O–H groups in total. The fourth-order valence-corrected chi connectivity index (χ4v) is 2.43. The van der Waals surface area contributed by atoms with E-state index in [1.807, 2.05) is 13.0 Å². The first kappa shape index (κ1) is 10.3. The first-order chi connectivity index (χ1) is 7.24. The maximum Gasteiger partial charge on any atom is 0.164 e. The van der Waals surface area contributed by atoms with Gasteiger partial charge in [-0.1, -0.05) is 13.0 Å². The largest absolute Gasteiger partial charge is 0.504 e. The second-order valence-electron chi connectivity index (χ2n) is 4.21. The maximum atomic E-state index is 9.79. The zero-order chi connectivity index (χ0) is 10.8. The first-order valence-electron chi connectivity index (χ1n) is 5.71. The average Bonchev–Trinajstić information content (AvgIpc) is 2.23. The fraction of sp³-hybridized carbons (Fsp3) is 0.538. The second-order valence-corrected chi connectivity index (χ2v) is 4.21. The van der Waals surface area contributed by atoms with Crippen LogP contribution in [-0.4, -0.2) is 11.7 Å².